The average molecular weight is 691 g/mol. The van der Waals surface area contributed by atoms with Crippen LogP contribution in [0.25, 0.3) is 22.3 Å². The van der Waals surface area contributed by atoms with Crippen molar-refractivity contribution in [2.75, 3.05) is 9.80 Å². The van der Waals surface area contributed by atoms with Crippen molar-refractivity contribution >= 4 is 34.1 Å². The van der Waals surface area contributed by atoms with E-state index in [1.54, 1.807) is 0 Å². The highest BCUT2D eigenvalue weighted by Gasteiger charge is 2.43. The first-order chi connectivity index (χ1) is 25.1. The molecule has 264 valence electrons. The summed E-state index contributed by atoms with van der Waals surface area (Å²) in [5.41, 5.74) is 20.4. The highest BCUT2D eigenvalue weighted by molar-refractivity contribution is 5.94. The van der Waals surface area contributed by atoms with Gasteiger partial charge in [-0.15, -0.1) is 0 Å². The Morgan fingerprint density at radius 3 is 0.925 bits per heavy atom. The molecule has 0 spiro atoms. The molecule has 2 nitrogen and oxygen atoms in total. The lowest BCUT2D eigenvalue weighted by Gasteiger charge is -2.29. The van der Waals surface area contributed by atoms with Crippen LogP contribution < -0.4 is 9.80 Å². The van der Waals surface area contributed by atoms with Gasteiger partial charge in [-0.05, 0) is 154 Å². The molecule has 53 heavy (non-hydrogen) atoms. The van der Waals surface area contributed by atoms with Crippen molar-refractivity contribution in [3.63, 3.8) is 0 Å². The van der Waals surface area contributed by atoms with Crippen LogP contribution in [0.1, 0.15) is 69.9 Å². The summed E-state index contributed by atoms with van der Waals surface area (Å²) in [6.07, 6.45) is 0. The number of anilines is 6. The molecule has 0 unspecified atom stereocenters. The van der Waals surface area contributed by atoms with Crippen LogP contribution in [0.15, 0.2) is 158 Å². The molecular weight excluding hydrogens is 641 g/mol. The van der Waals surface area contributed by atoms with Crippen molar-refractivity contribution in [2.24, 2.45) is 0 Å². The van der Waals surface area contributed by atoms with Crippen LogP contribution in [0.5, 0.6) is 0 Å². The summed E-state index contributed by atoms with van der Waals surface area (Å²) < 4.78 is 0. The lowest BCUT2D eigenvalue weighted by molar-refractivity contribution is 0.652. The molecule has 0 amide bonds. The van der Waals surface area contributed by atoms with E-state index < -0.39 is 0 Å². The zero-order chi connectivity index (χ0) is 35.8. The van der Waals surface area contributed by atoms with Crippen molar-refractivity contribution in [3.8, 4) is 22.3 Å². The Morgan fingerprint density at radius 1 is 0.358 bits per heavy atom. The van der Waals surface area contributed by atoms with Crippen LogP contribution in [0.2, 0.25) is 0 Å². The van der Waals surface area contributed by atoms with Crippen LogP contribution in [0, 0.1) is 13.8 Å². The molecule has 0 radical (unpaired) electrons. The monoisotopic (exact) mass is 690 g/mol. The van der Waals surface area contributed by atoms with Gasteiger partial charge >= 0.3 is 0 Å². The third kappa shape index (κ3) is 5.31. The zero-order valence-corrected chi connectivity index (χ0v) is 30.9. The van der Waals surface area contributed by atoms with Gasteiger partial charge in [0.05, 0.1) is 0 Å². The van der Waals surface area contributed by atoms with Gasteiger partial charge in [0.1, 0.15) is 0 Å². The summed E-state index contributed by atoms with van der Waals surface area (Å²) in [5.74, 6) is 0. The molecule has 7 aromatic carbocycles. The normalized spacial score (nSPS) is 14.0. The lowest BCUT2D eigenvalue weighted by Crippen LogP contribution is -2.18. The standard InChI is InChI=1S/C50H44N2.CH4.H2/c1-33-27-39(51(35-19-11-7-12-20-35)36-21-13-8-14-22-36)29-45-47(33)41-31-44-42(32-43(41)49(45,3)4)48-34(2)28-40(30-46(48)50(44,5)6)52(37-23-15-9-16-24-37)38-25-17-10-18-26-38;;/h7-32H,1-6H3;1H4;1H. The predicted octanol–water partition coefficient (Wildman–Crippen LogP) is 14.7. The fourth-order valence-electron chi connectivity index (χ4n) is 9.04. The maximum absolute atomic E-state index is 2.54. The molecule has 0 bridgehead atoms. The van der Waals surface area contributed by atoms with E-state index in [1.165, 1.54) is 67.0 Å². The molecule has 2 heteroatoms. The summed E-state index contributed by atoms with van der Waals surface area (Å²) in [6.45, 7) is 14.3. The van der Waals surface area contributed by atoms with E-state index in [0.29, 0.717) is 0 Å². The predicted molar refractivity (Wildman–Crippen MR) is 229 cm³/mol. The maximum atomic E-state index is 2.54. The fourth-order valence-corrected chi connectivity index (χ4v) is 9.04. The van der Waals surface area contributed by atoms with E-state index in [9.17, 15) is 0 Å². The van der Waals surface area contributed by atoms with Crippen molar-refractivity contribution < 1.29 is 1.43 Å². The highest BCUT2D eigenvalue weighted by atomic mass is 15.1. The molecule has 0 fully saturated rings. The number of rotatable bonds is 6. The number of aryl methyl sites for hydroxylation is 2. The summed E-state index contributed by atoms with van der Waals surface area (Å²) in [6, 6.07) is 57.7. The quantitative estimate of drug-likeness (QED) is 0.171. The van der Waals surface area contributed by atoms with Crippen molar-refractivity contribution in [2.45, 2.75) is 59.8 Å². The number of fused-ring (bicyclic) bond motifs is 6. The molecule has 2 aliphatic rings. The second kappa shape index (κ2) is 12.7. The molecule has 0 aliphatic heterocycles. The first-order valence-electron chi connectivity index (χ1n) is 18.4. The van der Waals surface area contributed by atoms with Gasteiger partial charge in [0.25, 0.3) is 0 Å². The minimum atomic E-state index is -0.169. The number of para-hydroxylation sites is 4. The van der Waals surface area contributed by atoms with Gasteiger partial charge in [0.15, 0.2) is 0 Å². The van der Waals surface area contributed by atoms with Gasteiger partial charge in [-0.1, -0.05) is 108 Å². The van der Waals surface area contributed by atoms with Crippen molar-refractivity contribution in [3.05, 3.63) is 191 Å². The number of hydrogen-bond donors (Lipinski definition) is 0. The third-order valence-electron chi connectivity index (χ3n) is 11.6. The van der Waals surface area contributed by atoms with Crippen LogP contribution in [-0.4, -0.2) is 0 Å². The SMILES string of the molecule is C.Cc1cc(N(c2ccccc2)c2ccccc2)cc2c1-c1cc3c(cc1C2(C)C)-c1c(C)cc(N(c2ccccc2)c2ccccc2)cc1C3(C)C.[HH]. The van der Waals surface area contributed by atoms with Gasteiger partial charge in [-0.25, -0.2) is 0 Å². The second-order valence-electron chi connectivity index (χ2n) is 15.6. The van der Waals surface area contributed by atoms with Crippen molar-refractivity contribution in [1.82, 2.24) is 0 Å². The van der Waals surface area contributed by atoms with Gasteiger partial charge < -0.3 is 9.80 Å². The molecule has 0 atom stereocenters. The van der Waals surface area contributed by atoms with E-state index in [-0.39, 0.29) is 19.7 Å². The van der Waals surface area contributed by atoms with Crippen LogP contribution in [0.3, 0.4) is 0 Å². The van der Waals surface area contributed by atoms with Crippen molar-refractivity contribution in [1.29, 1.82) is 0 Å². The second-order valence-corrected chi connectivity index (χ2v) is 15.6. The topological polar surface area (TPSA) is 6.48 Å². The van der Waals surface area contributed by atoms with E-state index in [4.69, 9.17) is 0 Å². The Labute approximate surface area is 317 Å². The number of nitrogens with zero attached hydrogens (tertiary/aromatic N) is 2. The molecule has 0 N–H and O–H groups in total. The Bertz CT molecular complexity index is 2210. The van der Waals surface area contributed by atoms with Gasteiger partial charge in [0, 0.05) is 46.4 Å². The minimum absolute atomic E-state index is 0. The number of benzene rings is 7. The van der Waals surface area contributed by atoms with E-state index in [0.717, 1.165) is 22.7 Å². The molecule has 7 aromatic rings. The smallest absolute Gasteiger partial charge is 0.0467 e. The lowest BCUT2D eigenvalue weighted by atomic mass is 9.79. The first-order valence-corrected chi connectivity index (χ1v) is 18.4. The Morgan fingerprint density at radius 2 is 0.642 bits per heavy atom. The average Bonchev–Trinajstić information content (AvgIpc) is 3.52. The maximum Gasteiger partial charge on any atom is 0.0467 e. The highest BCUT2D eigenvalue weighted by Crippen LogP contribution is 2.58. The summed E-state index contributed by atoms with van der Waals surface area (Å²) in [7, 11) is 0. The molecule has 2 aliphatic carbocycles. The molecule has 0 saturated heterocycles. The van der Waals surface area contributed by atoms with Crippen LogP contribution in [-0.2, 0) is 10.8 Å². The summed E-state index contributed by atoms with van der Waals surface area (Å²) in [5, 5.41) is 0. The molecule has 0 heterocycles. The van der Waals surface area contributed by atoms with Gasteiger partial charge in [-0.3, -0.25) is 0 Å². The molecule has 9 rings (SSSR count). The molecule has 0 aromatic heterocycles. The minimum Gasteiger partial charge on any atom is -0.310 e. The van der Waals surface area contributed by atoms with Gasteiger partial charge in [-0.2, -0.15) is 0 Å². The van der Waals surface area contributed by atoms with Crippen LogP contribution >= 0.6 is 0 Å². The summed E-state index contributed by atoms with van der Waals surface area (Å²) >= 11 is 0. The van der Waals surface area contributed by atoms with E-state index >= 15 is 0 Å². The fraction of sp³-hybridized carbons (Fsp3) is 0.176. The molecular formula is C51H50N2. The van der Waals surface area contributed by atoms with Crippen LogP contribution in [0.4, 0.5) is 34.1 Å². The Hall–Kier alpha value is -5.86. The Balaban J connectivity index is 0.00000225. The number of hydrogen-bond acceptors (Lipinski definition) is 2. The third-order valence-corrected chi connectivity index (χ3v) is 11.6. The Kier molecular flexibility index (Phi) is 8.19. The largest absolute Gasteiger partial charge is 0.310 e. The molecule has 0 saturated carbocycles. The first kappa shape index (κ1) is 34.2. The van der Waals surface area contributed by atoms with E-state index in [2.05, 4.69) is 209 Å². The van der Waals surface area contributed by atoms with Gasteiger partial charge in [0.2, 0.25) is 0 Å². The zero-order valence-electron chi connectivity index (χ0n) is 30.9. The summed E-state index contributed by atoms with van der Waals surface area (Å²) in [4.78, 5) is 4.78. The van der Waals surface area contributed by atoms with E-state index in [1.807, 2.05) is 0 Å².